The maximum absolute atomic E-state index is 8.88. The smallest absolute Gasteiger partial charge is 0.129 e. The van der Waals surface area contributed by atoms with Gasteiger partial charge in [-0.3, -0.25) is 0 Å². The van der Waals surface area contributed by atoms with Crippen LogP contribution in [0.15, 0.2) is 36.5 Å². The number of pyridine rings is 1. The lowest BCUT2D eigenvalue weighted by Crippen LogP contribution is -2.18. The lowest BCUT2D eigenvalue weighted by molar-refractivity contribution is 0.898. The van der Waals surface area contributed by atoms with Gasteiger partial charge in [-0.15, -0.1) is 0 Å². The molecule has 0 amide bonds. The highest BCUT2D eigenvalue weighted by Crippen LogP contribution is 2.22. The van der Waals surface area contributed by atoms with Gasteiger partial charge in [-0.25, -0.2) is 4.98 Å². The fourth-order valence-electron chi connectivity index (χ4n) is 1.75. The van der Waals surface area contributed by atoms with Crippen LogP contribution in [-0.4, -0.2) is 12.0 Å². The van der Waals surface area contributed by atoms with Crippen LogP contribution >= 0.6 is 11.6 Å². The van der Waals surface area contributed by atoms with Crippen LogP contribution in [0.25, 0.3) is 0 Å². The first-order chi connectivity index (χ1) is 9.10. The largest absolute Gasteiger partial charge is 0.399 e. The first-order valence-electron chi connectivity index (χ1n) is 5.71. The molecule has 19 heavy (non-hydrogen) atoms. The van der Waals surface area contributed by atoms with Crippen LogP contribution in [0.1, 0.15) is 11.1 Å². The maximum Gasteiger partial charge on any atom is 0.129 e. The van der Waals surface area contributed by atoms with Gasteiger partial charge < -0.3 is 10.6 Å². The van der Waals surface area contributed by atoms with Crippen LogP contribution in [-0.2, 0) is 6.54 Å². The molecule has 2 N–H and O–H groups in total. The lowest BCUT2D eigenvalue weighted by Gasteiger charge is -2.19. The summed E-state index contributed by atoms with van der Waals surface area (Å²) in [6, 6.07) is 10.9. The molecule has 1 heterocycles. The number of hydrogen-bond donors (Lipinski definition) is 1. The van der Waals surface area contributed by atoms with Crippen molar-refractivity contribution in [3.8, 4) is 6.07 Å². The summed E-state index contributed by atoms with van der Waals surface area (Å²) in [5, 5.41) is 9.54. The summed E-state index contributed by atoms with van der Waals surface area (Å²) in [5.41, 5.74) is 7.93. The van der Waals surface area contributed by atoms with Gasteiger partial charge in [0.25, 0.3) is 0 Å². The van der Waals surface area contributed by atoms with E-state index in [0.717, 1.165) is 11.4 Å². The van der Waals surface area contributed by atoms with Crippen LogP contribution in [0.5, 0.6) is 0 Å². The van der Waals surface area contributed by atoms with E-state index in [1.807, 2.05) is 18.0 Å². The molecule has 0 fully saturated rings. The van der Waals surface area contributed by atoms with Crippen molar-refractivity contribution in [2.45, 2.75) is 6.54 Å². The second-order valence-electron chi connectivity index (χ2n) is 4.22. The molecular weight excluding hydrogens is 260 g/mol. The van der Waals surface area contributed by atoms with Crippen LogP contribution in [0.3, 0.4) is 0 Å². The van der Waals surface area contributed by atoms with E-state index in [1.165, 1.54) is 0 Å². The normalized spacial score (nSPS) is 9.95. The summed E-state index contributed by atoms with van der Waals surface area (Å²) in [6.07, 6.45) is 1.62. The average Bonchev–Trinajstić information content (AvgIpc) is 2.43. The molecule has 0 aliphatic heterocycles. The highest BCUT2D eigenvalue weighted by atomic mass is 35.5. The number of rotatable bonds is 3. The average molecular weight is 273 g/mol. The second kappa shape index (κ2) is 5.59. The molecule has 0 radical (unpaired) electrons. The van der Waals surface area contributed by atoms with E-state index >= 15 is 0 Å². The highest BCUT2D eigenvalue weighted by molar-refractivity contribution is 6.31. The number of benzene rings is 1. The SMILES string of the molecule is CN(Cc1cc(N)ccc1Cl)c1cc(C#N)ccn1. The number of nitrogen functional groups attached to an aromatic ring is 1. The Morgan fingerprint density at radius 3 is 2.89 bits per heavy atom. The number of halogens is 1. The zero-order valence-corrected chi connectivity index (χ0v) is 11.2. The van der Waals surface area contributed by atoms with Gasteiger partial charge in [-0.05, 0) is 35.9 Å². The van der Waals surface area contributed by atoms with E-state index < -0.39 is 0 Å². The summed E-state index contributed by atoms with van der Waals surface area (Å²) >= 11 is 6.13. The van der Waals surface area contributed by atoms with Gasteiger partial charge in [0.05, 0.1) is 11.6 Å². The van der Waals surface area contributed by atoms with Crippen LogP contribution in [0, 0.1) is 11.3 Å². The molecule has 2 rings (SSSR count). The van der Waals surface area contributed by atoms with E-state index in [2.05, 4.69) is 11.1 Å². The third-order valence-corrected chi connectivity index (χ3v) is 3.11. The Morgan fingerprint density at radius 2 is 2.16 bits per heavy atom. The lowest BCUT2D eigenvalue weighted by atomic mass is 10.2. The molecule has 0 saturated carbocycles. The van der Waals surface area contributed by atoms with E-state index in [9.17, 15) is 0 Å². The van der Waals surface area contributed by atoms with Crippen LogP contribution in [0.4, 0.5) is 11.5 Å². The molecule has 0 saturated heterocycles. The minimum absolute atomic E-state index is 0.575. The van der Waals surface area contributed by atoms with Crippen molar-refractivity contribution in [1.29, 1.82) is 5.26 Å². The summed E-state index contributed by atoms with van der Waals surface area (Å²) in [7, 11) is 1.89. The zero-order valence-electron chi connectivity index (χ0n) is 10.5. The molecule has 1 aromatic heterocycles. The minimum atomic E-state index is 0.575. The Hall–Kier alpha value is -2.25. The van der Waals surface area contributed by atoms with Gasteiger partial charge in [0.2, 0.25) is 0 Å². The van der Waals surface area contributed by atoms with Crippen molar-refractivity contribution >= 4 is 23.1 Å². The van der Waals surface area contributed by atoms with Crippen molar-refractivity contribution in [1.82, 2.24) is 4.98 Å². The van der Waals surface area contributed by atoms with E-state index in [0.29, 0.717) is 22.8 Å². The number of hydrogen-bond acceptors (Lipinski definition) is 4. The Balaban J connectivity index is 2.23. The quantitative estimate of drug-likeness (QED) is 0.873. The number of anilines is 2. The molecule has 2 aromatic rings. The van der Waals surface area contributed by atoms with Gasteiger partial charge in [-0.1, -0.05) is 11.6 Å². The van der Waals surface area contributed by atoms with Crippen LogP contribution in [0.2, 0.25) is 5.02 Å². The van der Waals surface area contributed by atoms with Gasteiger partial charge in [-0.2, -0.15) is 5.26 Å². The van der Waals surface area contributed by atoms with E-state index in [4.69, 9.17) is 22.6 Å². The molecule has 0 aliphatic carbocycles. The van der Waals surface area contributed by atoms with Gasteiger partial charge in [0, 0.05) is 30.5 Å². The Kier molecular flexibility index (Phi) is 3.88. The Labute approximate surface area is 117 Å². The predicted octanol–water partition coefficient (Wildman–Crippen LogP) is 2.83. The van der Waals surface area contributed by atoms with Gasteiger partial charge >= 0.3 is 0 Å². The van der Waals surface area contributed by atoms with Crippen molar-refractivity contribution in [2.24, 2.45) is 0 Å². The summed E-state index contributed by atoms with van der Waals surface area (Å²) in [5.74, 6) is 0.720. The minimum Gasteiger partial charge on any atom is -0.399 e. The Morgan fingerprint density at radius 1 is 1.37 bits per heavy atom. The fourth-order valence-corrected chi connectivity index (χ4v) is 1.93. The predicted molar refractivity (Wildman–Crippen MR) is 76.9 cm³/mol. The van der Waals surface area contributed by atoms with Gasteiger partial charge in [0.15, 0.2) is 0 Å². The Bertz CT molecular complexity index is 634. The molecule has 0 bridgehead atoms. The van der Waals surface area contributed by atoms with E-state index in [1.54, 1.807) is 30.5 Å². The molecule has 0 atom stereocenters. The molecule has 0 spiro atoms. The second-order valence-corrected chi connectivity index (χ2v) is 4.63. The molecule has 5 heteroatoms. The molecule has 0 aliphatic rings. The van der Waals surface area contributed by atoms with Gasteiger partial charge in [0.1, 0.15) is 5.82 Å². The fraction of sp³-hybridized carbons (Fsp3) is 0.143. The third-order valence-electron chi connectivity index (χ3n) is 2.74. The van der Waals surface area contributed by atoms with Crippen LogP contribution < -0.4 is 10.6 Å². The first-order valence-corrected chi connectivity index (χ1v) is 6.09. The summed E-state index contributed by atoms with van der Waals surface area (Å²) in [4.78, 5) is 6.15. The molecule has 96 valence electrons. The zero-order chi connectivity index (χ0) is 13.8. The van der Waals surface area contributed by atoms with Crippen molar-refractivity contribution in [3.63, 3.8) is 0 Å². The van der Waals surface area contributed by atoms with Crippen molar-refractivity contribution in [3.05, 3.63) is 52.7 Å². The van der Waals surface area contributed by atoms with E-state index in [-0.39, 0.29) is 0 Å². The first kappa shape index (κ1) is 13.2. The standard InChI is InChI=1S/C14H13ClN4/c1-19(14-6-10(8-16)4-5-18-14)9-11-7-12(17)2-3-13(11)15/h2-7H,9,17H2,1H3. The van der Waals surface area contributed by atoms with Crippen molar-refractivity contribution < 1.29 is 0 Å². The molecule has 4 nitrogen and oxygen atoms in total. The number of nitrogens with two attached hydrogens (primary N) is 1. The number of nitriles is 1. The number of nitrogens with zero attached hydrogens (tertiary/aromatic N) is 3. The molecule has 0 unspecified atom stereocenters. The summed E-state index contributed by atoms with van der Waals surface area (Å²) in [6.45, 7) is 0.575. The topological polar surface area (TPSA) is 65.9 Å². The molecule has 1 aromatic carbocycles. The molecular formula is C14H13ClN4. The van der Waals surface area contributed by atoms with Crippen molar-refractivity contribution in [2.75, 3.05) is 17.7 Å². The number of aromatic nitrogens is 1. The maximum atomic E-state index is 8.88. The third kappa shape index (κ3) is 3.15. The monoisotopic (exact) mass is 272 g/mol. The highest BCUT2D eigenvalue weighted by Gasteiger charge is 2.07. The summed E-state index contributed by atoms with van der Waals surface area (Å²) < 4.78 is 0.